The van der Waals surface area contributed by atoms with E-state index in [1.54, 1.807) is 11.3 Å². The maximum atomic E-state index is 4.64. The average molecular weight is 299 g/mol. The summed E-state index contributed by atoms with van der Waals surface area (Å²) in [6, 6.07) is 8.33. The Hall–Kier alpha value is -0.450. The molecule has 0 atom stereocenters. The van der Waals surface area contributed by atoms with Gasteiger partial charge in [-0.15, -0.1) is 11.3 Å². The normalized spacial score (nSPS) is 11.4. The van der Waals surface area contributed by atoms with E-state index in [1.165, 1.54) is 9.71 Å². The smallest absolute Gasteiger partial charge is 0.108 e. The monoisotopic (exact) mass is 298 g/mol. The minimum atomic E-state index is 0.960. The topological polar surface area (TPSA) is 16.1 Å². The van der Waals surface area contributed by atoms with Crippen molar-refractivity contribution in [2.45, 2.75) is 13.5 Å². The van der Waals surface area contributed by atoms with Gasteiger partial charge in [-0.1, -0.05) is 35.0 Å². The number of hydrogen-bond acceptors (Lipinski definition) is 3. The van der Waals surface area contributed by atoms with Crippen molar-refractivity contribution in [1.29, 1.82) is 0 Å². The third kappa shape index (κ3) is 2.81. The van der Waals surface area contributed by atoms with Gasteiger partial charge in [0.1, 0.15) is 5.01 Å². The lowest BCUT2D eigenvalue weighted by atomic mass is 10.3. The second-order valence-electron chi connectivity index (χ2n) is 3.63. The molecule has 0 fully saturated rings. The molecule has 0 bridgehead atoms. The van der Waals surface area contributed by atoms with Gasteiger partial charge in [-0.2, -0.15) is 0 Å². The second kappa shape index (κ2) is 5.75. The number of nitrogens with zero attached hydrogens (tertiary/aromatic N) is 2. The van der Waals surface area contributed by atoms with E-state index >= 15 is 0 Å². The third-order valence-electron chi connectivity index (χ3n) is 2.55. The maximum Gasteiger partial charge on any atom is 0.108 e. The standard InChI is InChI=1S/C12H15BrN2S/c1-2-15(8-7-13)9-12-14-10-5-3-4-6-11(10)16-12/h3-6H,2,7-9H2,1H3. The molecule has 16 heavy (non-hydrogen) atoms. The molecule has 1 heterocycles. The van der Waals surface area contributed by atoms with Gasteiger partial charge in [-0.3, -0.25) is 4.90 Å². The molecular weight excluding hydrogens is 284 g/mol. The Morgan fingerprint density at radius 3 is 2.88 bits per heavy atom. The number of aromatic nitrogens is 1. The van der Waals surface area contributed by atoms with Crippen molar-refractivity contribution >= 4 is 37.5 Å². The van der Waals surface area contributed by atoms with E-state index in [0.29, 0.717) is 0 Å². The van der Waals surface area contributed by atoms with E-state index < -0.39 is 0 Å². The number of hydrogen-bond donors (Lipinski definition) is 0. The maximum absolute atomic E-state index is 4.64. The SMILES string of the molecule is CCN(CCBr)Cc1nc2ccccc2s1. The Morgan fingerprint density at radius 1 is 1.38 bits per heavy atom. The lowest BCUT2D eigenvalue weighted by Gasteiger charge is -2.16. The summed E-state index contributed by atoms with van der Waals surface area (Å²) in [6.45, 7) is 5.30. The second-order valence-corrected chi connectivity index (χ2v) is 5.54. The average Bonchev–Trinajstić information content (AvgIpc) is 2.70. The van der Waals surface area contributed by atoms with E-state index in [4.69, 9.17) is 0 Å². The van der Waals surface area contributed by atoms with E-state index in [9.17, 15) is 0 Å². The molecule has 0 aliphatic rings. The zero-order valence-corrected chi connectivity index (χ0v) is 11.7. The van der Waals surface area contributed by atoms with E-state index in [0.717, 1.165) is 30.5 Å². The largest absolute Gasteiger partial charge is 0.296 e. The van der Waals surface area contributed by atoms with Crippen molar-refractivity contribution in [2.75, 3.05) is 18.4 Å². The van der Waals surface area contributed by atoms with Crippen LogP contribution in [0.2, 0.25) is 0 Å². The van der Waals surface area contributed by atoms with Crippen LogP contribution < -0.4 is 0 Å². The summed E-state index contributed by atoms with van der Waals surface area (Å²) in [5.41, 5.74) is 1.12. The lowest BCUT2D eigenvalue weighted by Crippen LogP contribution is -2.24. The third-order valence-corrected chi connectivity index (χ3v) is 3.92. The van der Waals surface area contributed by atoms with Crippen molar-refractivity contribution in [2.24, 2.45) is 0 Å². The van der Waals surface area contributed by atoms with Crippen LogP contribution in [0.4, 0.5) is 0 Å². The first kappa shape index (κ1) is 12.0. The lowest BCUT2D eigenvalue weighted by molar-refractivity contribution is 0.299. The zero-order valence-electron chi connectivity index (χ0n) is 9.32. The Labute approximate surface area is 108 Å². The Bertz CT molecular complexity index is 422. The summed E-state index contributed by atoms with van der Waals surface area (Å²) in [5.74, 6) is 0. The van der Waals surface area contributed by atoms with Crippen LogP contribution in [0, 0.1) is 0 Å². The molecule has 0 saturated heterocycles. The van der Waals surface area contributed by atoms with Crippen molar-refractivity contribution in [1.82, 2.24) is 9.88 Å². The van der Waals surface area contributed by atoms with Gasteiger partial charge >= 0.3 is 0 Å². The number of halogens is 1. The Balaban J connectivity index is 2.14. The molecule has 2 aromatic rings. The first-order chi connectivity index (χ1) is 7.83. The summed E-state index contributed by atoms with van der Waals surface area (Å²) in [5, 5.41) is 2.23. The first-order valence-electron chi connectivity index (χ1n) is 5.46. The molecule has 2 rings (SSSR count). The van der Waals surface area contributed by atoms with Crippen molar-refractivity contribution in [3.05, 3.63) is 29.3 Å². The van der Waals surface area contributed by atoms with Crippen LogP contribution in [0.15, 0.2) is 24.3 Å². The first-order valence-corrected chi connectivity index (χ1v) is 7.40. The minimum absolute atomic E-state index is 0.960. The minimum Gasteiger partial charge on any atom is -0.296 e. The van der Waals surface area contributed by atoms with E-state index in [1.807, 2.05) is 6.07 Å². The van der Waals surface area contributed by atoms with Crippen LogP contribution in [0.5, 0.6) is 0 Å². The molecule has 0 aliphatic carbocycles. The molecule has 0 saturated carbocycles. The van der Waals surface area contributed by atoms with E-state index in [-0.39, 0.29) is 0 Å². The highest BCUT2D eigenvalue weighted by molar-refractivity contribution is 9.09. The highest BCUT2D eigenvalue weighted by Gasteiger charge is 2.07. The van der Waals surface area contributed by atoms with Gasteiger partial charge in [0.2, 0.25) is 0 Å². The van der Waals surface area contributed by atoms with Crippen LogP contribution in [0.1, 0.15) is 11.9 Å². The molecule has 0 N–H and O–H groups in total. The van der Waals surface area contributed by atoms with Crippen molar-refractivity contribution in [3.8, 4) is 0 Å². The quantitative estimate of drug-likeness (QED) is 0.785. The summed E-state index contributed by atoms with van der Waals surface area (Å²) >= 11 is 5.28. The van der Waals surface area contributed by atoms with Crippen LogP contribution in [-0.2, 0) is 6.54 Å². The summed E-state index contributed by atoms with van der Waals surface area (Å²) in [7, 11) is 0. The van der Waals surface area contributed by atoms with E-state index in [2.05, 4.69) is 50.9 Å². The van der Waals surface area contributed by atoms with Crippen LogP contribution in [-0.4, -0.2) is 28.3 Å². The van der Waals surface area contributed by atoms with Gasteiger partial charge in [-0.25, -0.2) is 4.98 Å². The van der Waals surface area contributed by atoms with Gasteiger partial charge in [0, 0.05) is 11.9 Å². The number of para-hydroxylation sites is 1. The van der Waals surface area contributed by atoms with Gasteiger partial charge in [-0.05, 0) is 18.7 Å². The summed E-state index contributed by atoms with van der Waals surface area (Å²) < 4.78 is 1.28. The van der Waals surface area contributed by atoms with Gasteiger partial charge in [0.05, 0.1) is 16.8 Å². The molecule has 2 nitrogen and oxygen atoms in total. The van der Waals surface area contributed by atoms with Gasteiger partial charge < -0.3 is 0 Å². The van der Waals surface area contributed by atoms with Crippen LogP contribution >= 0.6 is 27.3 Å². The predicted molar refractivity (Wildman–Crippen MR) is 74.4 cm³/mol. The number of rotatable bonds is 5. The number of thiazole rings is 1. The fourth-order valence-electron chi connectivity index (χ4n) is 1.65. The summed E-state index contributed by atoms with van der Waals surface area (Å²) in [6.07, 6.45) is 0. The van der Waals surface area contributed by atoms with Crippen molar-refractivity contribution < 1.29 is 0 Å². The molecule has 0 unspecified atom stereocenters. The van der Waals surface area contributed by atoms with Crippen LogP contribution in [0.25, 0.3) is 10.2 Å². The molecule has 0 aliphatic heterocycles. The van der Waals surface area contributed by atoms with Gasteiger partial charge in [0.15, 0.2) is 0 Å². The highest BCUT2D eigenvalue weighted by Crippen LogP contribution is 2.22. The van der Waals surface area contributed by atoms with Gasteiger partial charge in [0.25, 0.3) is 0 Å². The number of fused-ring (bicyclic) bond motifs is 1. The van der Waals surface area contributed by atoms with Crippen molar-refractivity contribution in [3.63, 3.8) is 0 Å². The molecule has 1 aromatic heterocycles. The molecule has 0 spiro atoms. The molecule has 4 heteroatoms. The molecule has 1 aromatic carbocycles. The zero-order chi connectivity index (χ0) is 11.4. The molecule has 0 amide bonds. The van der Waals surface area contributed by atoms with Crippen LogP contribution in [0.3, 0.4) is 0 Å². The molecular formula is C12H15BrN2S. The predicted octanol–water partition coefficient (Wildman–Crippen LogP) is 3.51. The fourth-order valence-corrected chi connectivity index (χ4v) is 3.16. The number of alkyl halides is 1. The Kier molecular flexibility index (Phi) is 4.32. The molecule has 86 valence electrons. The summed E-state index contributed by atoms with van der Waals surface area (Å²) in [4.78, 5) is 7.04. The number of benzene rings is 1. The fraction of sp³-hybridized carbons (Fsp3) is 0.417. The molecule has 0 radical (unpaired) electrons. The highest BCUT2D eigenvalue weighted by atomic mass is 79.9. The Morgan fingerprint density at radius 2 is 2.19 bits per heavy atom.